The van der Waals surface area contributed by atoms with Crippen molar-refractivity contribution >= 4 is 23.4 Å². The zero-order valence-corrected chi connectivity index (χ0v) is 19.6. The predicted molar refractivity (Wildman–Crippen MR) is 122 cm³/mol. The van der Waals surface area contributed by atoms with Gasteiger partial charge in [-0.3, -0.25) is 9.59 Å². The molecule has 11 heteroatoms. The molecule has 0 bridgehead atoms. The second-order valence-electron chi connectivity index (χ2n) is 8.00. The first-order chi connectivity index (χ1) is 16.7. The zero-order chi connectivity index (χ0) is 26.8. The maximum absolute atomic E-state index is 13.4. The van der Waals surface area contributed by atoms with Crippen molar-refractivity contribution < 1.29 is 35.9 Å². The third-order valence-electron chi connectivity index (χ3n) is 5.29. The zero-order valence-electron chi connectivity index (χ0n) is 18.8. The number of carbonyl (C=O) groups is 2. The van der Waals surface area contributed by atoms with Crippen LogP contribution in [0.4, 0.5) is 26.3 Å². The number of hydrogen-bond donors (Lipinski definition) is 1. The van der Waals surface area contributed by atoms with E-state index in [4.69, 9.17) is 11.6 Å². The van der Waals surface area contributed by atoms with Gasteiger partial charge < -0.3 is 10.2 Å². The van der Waals surface area contributed by atoms with Crippen molar-refractivity contribution in [2.45, 2.75) is 18.4 Å². The van der Waals surface area contributed by atoms with Gasteiger partial charge in [0.1, 0.15) is 6.04 Å². The Kier molecular flexibility index (Phi) is 7.68. The van der Waals surface area contributed by atoms with Crippen LogP contribution in [0.3, 0.4) is 0 Å². The van der Waals surface area contributed by atoms with E-state index in [0.29, 0.717) is 11.6 Å². The molecule has 0 saturated heterocycles. The van der Waals surface area contributed by atoms with Crippen molar-refractivity contribution in [3.63, 3.8) is 0 Å². The van der Waals surface area contributed by atoms with E-state index in [1.165, 1.54) is 50.5 Å². The van der Waals surface area contributed by atoms with Crippen LogP contribution in [-0.4, -0.2) is 30.8 Å². The molecule has 0 spiro atoms. The van der Waals surface area contributed by atoms with Crippen LogP contribution in [-0.2, 0) is 17.1 Å². The van der Waals surface area contributed by atoms with Crippen molar-refractivity contribution in [1.29, 1.82) is 0 Å². The number of nitrogens with zero attached hydrogens (tertiary/aromatic N) is 1. The highest BCUT2D eigenvalue weighted by Gasteiger charge is 2.35. The number of benzene rings is 3. The first kappa shape index (κ1) is 27.1. The number of nitrogens with one attached hydrogen (secondary N) is 1. The van der Waals surface area contributed by atoms with E-state index < -0.39 is 46.4 Å². The lowest BCUT2D eigenvalue weighted by molar-refractivity contribution is -0.138. The maximum Gasteiger partial charge on any atom is 0.417 e. The van der Waals surface area contributed by atoms with Crippen molar-refractivity contribution in [3.05, 3.63) is 94.0 Å². The molecule has 3 rings (SSSR count). The number of hydrogen-bond acceptors (Lipinski definition) is 2. The maximum atomic E-state index is 13.4. The number of rotatable bonds is 5. The van der Waals surface area contributed by atoms with Gasteiger partial charge >= 0.3 is 12.4 Å². The van der Waals surface area contributed by atoms with Crippen LogP contribution in [0.15, 0.2) is 66.7 Å². The number of carbonyl (C=O) groups excluding carboxylic acids is 2. The monoisotopic (exact) mass is 528 g/mol. The minimum absolute atomic E-state index is 0.0128. The third kappa shape index (κ3) is 5.99. The van der Waals surface area contributed by atoms with E-state index >= 15 is 0 Å². The Morgan fingerprint density at radius 3 is 2.03 bits per heavy atom. The van der Waals surface area contributed by atoms with Crippen molar-refractivity contribution in [3.8, 4) is 11.1 Å². The summed E-state index contributed by atoms with van der Waals surface area (Å²) in [5, 5.41) is 1.89. The molecule has 1 atom stereocenters. The number of halogens is 7. The highest BCUT2D eigenvalue weighted by atomic mass is 35.5. The molecule has 0 radical (unpaired) electrons. The first-order valence-corrected chi connectivity index (χ1v) is 10.7. The van der Waals surface area contributed by atoms with E-state index in [1.807, 2.05) is 0 Å². The van der Waals surface area contributed by atoms with Crippen LogP contribution >= 0.6 is 11.6 Å². The molecule has 0 aliphatic rings. The van der Waals surface area contributed by atoms with Gasteiger partial charge in [0.25, 0.3) is 5.91 Å². The Balaban J connectivity index is 2.01. The van der Waals surface area contributed by atoms with Gasteiger partial charge in [-0.25, -0.2) is 0 Å². The fourth-order valence-corrected chi connectivity index (χ4v) is 3.69. The fraction of sp³-hybridized carbons (Fsp3) is 0.200. The number of amides is 2. The summed E-state index contributed by atoms with van der Waals surface area (Å²) in [6, 6.07) is 11.5. The van der Waals surface area contributed by atoms with Crippen molar-refractivity contribution in [1.82, 2.24) is 10.2 Å². The normalized spacial score (nSPS) is 12.7. The predicted octanol–water partition coefficient (Wildman–Crippen LogP) is 6.60. The highest BCUT2D eigenvalue weighted by molar-refractivity contribution is 6.31. The van der Waals surface area contributed by atoms with Gasteiger partial charge in [-0.05, 0) is 47.0 Å². The van der Waals surface area contributed by atoms with Crippen LogP contribution < -0.4 is 5.32 Å². The van der Waals surface area contributed by atoms with Crippen LogP contribution in [0.5, 0.6) is 0 Å². The van der Waals surface area contributed by atoms with Gasteiger partial charge in [-0.15, -0.1) is 0 Å². The van der Waals surface area contributed by atoms with Gasteiger partial charge in [-0.2, -0.15) is 26.3 Å². The summed E-state index contributed by atoms with van der Waals surface area (Å²) in [6.45, 7) is 0. The summed E-state index contributed by atoms with van der Waals surface area (Å²) in [4.78, 5) is 27.2. The van der Waals surface area contributed by atoms with E-state index in [2.05, 4.69) is 5.32 Å². The van der Waals surface area contributed by atoms with Gasteiger partial charge in [0.05, 0.1) is 16.1 Å². The van der Waals surface area contributed by atoms with Crippen LogP contribution in [0.1, 0.15) is 33.1 Å². The van der Waals surface area contributed by atoms with Gasteiger partial charge in [-0.1, -0.05) is 48.0 Å². The lowest BCUT2D eigenvalue weighted by Crippen LogP contribution is -2.40. The molecule has 0 aromatic heterocycles. The molecule has 0 unspecified atom stereocenters. The Bertz CT molecular complexity index is 1270. The Morgan fingerprint density at radius 1 is 0.861 bits per heavy atom. The molecule has 36 heavy (non-hydrogen) atoms. The summed E-state index contributed by atoms with van der Waals surface area (Å²) in [7, 11) is 2.75. The summed E-state index contributed by atoms with van der Waals surface area (Å²) in [6.07, 6.45) is -9.33. The second kappa shape index (κ2) is 10.2. The molecule has 3 aromatic rings. The molecule has 0 saturated carbocycles. The summed E-state index contributed by atoms with van der Waals surface area (Å²) in [5.41, 5.74) is -1.60. The quantitative estimate of drug-likeness (QED) is 0.379. The molecule has 2 amide bonds. The topological polar surface area (TPSA) is 49.4 Å². The molecular formula is C25H19ClF6N2O2. The lowest BCUT2D eigenvalue weighted by atomic mass is 9.97. The summed E-state index contributed by atoms with van der Waals surface area (Å²) >= 11 is 5.68. The molecule has 4 nitrogen and oxygen atoms in total. The molecule has 3 aromatic carbocycles. The molecule has 0 heterocycles. The van der Waals surface area contributed by atoms with Crippen LogP contribution in [0.25, 0.3) is 11.1 Å². The largest absolute Gasteiger partial charge is 0.417 e. The highest BCUT2D eigenvalue weighted by Crippen LogP contribution is 2.37. The van der Waals surface area contributed by atoms with Crippen molar-refractivity contribution in [2.24, 2.45) is 0 Å². The molecule has 190 valence electrons. The second-order valence-corrected chi connectivity index (χ2v) is 8.40. The number of likely N-dealkylation sites (N-methyl/N-ethyl adjacent to an activating group) is 1. The SMILES string of the molecule is CN(C)C(=O)[C@@H](NC(=O)c1ccccc1-c1ccc(C(F)(F)F)cc1)c1ccc(Cl)c(C(F)(F)F)c1. The molecule has 0 aliphatic carbocycles. The van der Waals surface area contributed by atoms with E-state index in [-0.39, 0.29) is 16.7 Å². The van der Waals surface area contributed by atoms with Gasteiger partial charge in [0, 0.05) is 19.7 Å². The molecular weight excluding hydrogens is 510 g/mol. The minimum Gasteiger partial charge on any atom is -0.347 e. The van der Waals surface area contributed by atoms with Crippen LogP contribution in [0, 0.1) is 0 Å². The van der Waals surface area contributed by atoms with Crippen molar-refractivity contribution in [2.75, 3.05) is 14.1 Å². The molecule has 1 N–H and O–H groups in total. The summed E-state index contributed by atoms with van der Waals surface area (Å²) < 4.78 is 78.9. The van der Waals surface area contributed by atoms with E-state index in [1.54, 1.807) is 6.07 Å². The fourth-order valence-electron chi connectivity index (χ4n) is 3.47. The average Bonchev–Trinajstić information content (AvgIpc) is 2.81. The third-order valence-corrected chi connectivity index (χ3v) is 5.62. The van der Waals surface area contributed by atoms with Gasteiger partial charge in [0.15, 0.2) is 0 Å². The summed E-state index contributed by atoms with van der Waals surface area (Å²) in [5.74, 6) is -1.51. The van der Waals surface area contributed by atoms with E-state index in [0.717, 1.165) is 23.1 Å². The Morgan fingerprint density at radius 2 is 1.47 bits per heavy atom. The first-order valence-electron chi connectivity index (χ1n) is 10.4. The minimum atomic E-state index is -4.79. The van der Waals surface area contributed by atoms with Gasteiger partial charge in [0.2, 0.25) is 5.91 Å². The Labute approximate surface area is 207 Å². The standard InChI is InChI=1S/C25H19ClF6N2O2/c1-34(2)23(36)21(15-9-12-20(26)19(13-15)25(30,31)32)33-22(35)18-6-4-3-5-17(18)14-7-10-16(11-8-14)24(27,28)29/h3-13,21H,1-2H3,(H,33,35)/t21-/m0/s1. The Hall–Kier alpha value is -3.53. The number of alkyl halides is 6. The lowest BCUT2D eigenvalue weighted by Gasteiger charge is -2.24. The van der Waals surface area contributed by atoms with Crippen LogP contribution in [0.2, 0.25) is 5.02 Å². The average molecular weight is 529 g/mol. The molecule has 0 aliphatic heterocycles. The van der Waals surface area contributed by atoms with E-state index in [9.17, 15) is 35.9 Å². The smallest absolute Gasteiger partial charge is 0.347 e. The molecule has 0 fully saturated rings.